The predicted octanol–water partition coefficient (Wildman–Crippen LogP) is 0.347. The highest BCUT2D eigenvalue weighted by Gasteiger charge is 2.36. The number of rotatable bonds is 4. The molecule has 2 aliphatic heterocycles. The first-order chi connectivity index (χ1) is 11.6. The SMILES string of the molecule is Cc1cn([C@@H]2CC(N=[N+]=[N-])[C@H](CO)O2)c(=O)nc1N1CCOCC1. The summed E-state index contributed by atoms with van der Waals surface area (Å²) in [5.41, 5.74) is 9.03. The number of anilines is 1. The number of hydrogen-bond acceptors (Lipinski definition) is 7. The third-order valence-electron chi connectivity index (χ3n) is 4.31. The molecular formula is C14H20N6O4. The van der Waals surface area contributed by atoms with E-state index in [0.717, 1.165) is 5.56 Å². The molecule has 3 heterocycles. The van der Waals surface area contributed by atoms with E-state index in [1.807, 2.05) is 11.8 Å². The molecule has 0 spiro atoms. The number of nitrogens with zero attached hydrogens (tertiary/aromatic N) is 6. The molecular weight excluding hydrogens is 316 g/mol. The van der Waals surface area contributed by atoms with E-state index in [1.54, 1.807) is 6.20 Å². The van der Waals surface area contributed by atoms with E-state index in [2.05, 4.69) is 15.0 Å². The van der Waals surface area contributed by atoms with Gasteiger partial charge >= 0.3 is 5.69 Å². The van der Waals surface area contributed by atoms with Crippen molar-refractivity contribution in [2.45, 2.75) is 31.7 Å². The lowest BCUT2D eigenvalue weighted by atomic mass is 10.1. The lowest BCUT2D eigenvalue weighted by molar-refractivity contribution is -0.0270. The molecule has 0 aliphatic carbocycles. The molecule has 0 amide bonds. The fourth-order valence-corrected chi connectivity index (χ4v) is 3.10. The van der Waals surface area contributed by atoms with Crippen LogP contribution in [0.5, 0.6) is 0 Å². The average molecular weight is 336 g/mol. The number of morpholine rings is 1. The lowest BCUT2D eigenvalue weighted by Gasteiger charge is -2.29. The summed E-state index contributed by atoms with van der Waals surface area (Å²) < 4.78 is 12.4. The zero-order valence-corrected chi connectivity index (χ0v) is 13.4. The minimum absolute atomic E-state index is 0.271. The monoisotopic (exact) mass is 336 g/mol. The summed E-state index contributed by atoms with van der Waals surface area (Å²) in [5.74, 6) is 0.655. The smallest absolute Gasteiger partial charge is 0.351 e. The van der Waals surface area contributed by atoms with Crippen molar-refractivity contribution in [3.63, 3.8) is 0 Å². The number of hydrogen-bond donors (Lipinski definition) is 1. The Hall–Kier alpha value is -2.13. The van der Waals surface area contributed by atoms with Gasteiger partial charge < -0.3 is 19.5 Å². The number of azide groups is 1. The van der Waals surface area contributed by atoms with Crippen LogP contribution in [0.4, 0.5) is 5.82 Å². The fraction of sp³-hybridized carbons (Fsp3) is 0.714. The summed E-state index contributed by atoms with van der Waals surface area (Å²) in [6.45, 7) is 4.24. The van der Waals surface area contributed by atoms with Crippen LogP contribution in [0.25, 0.3) is 10.4 Å². The number of aliphatic hydroxyl groups excluding tert-OH is 1. The molecule has 2 aliphatic rings. The van der Waals surface area contributed by atoms with Gasteiger partial charge in [0.25, 0.3) is 0 Å². The topological polar surface area (TPSA) is 126 Å². The van der Waals surface area contributed by atoms with Crippen LogP contribution in [0.2, 0.25) is 0 Å². The third-order valence-corrected chi connectivity index (χ3v) is 4.31. The van der Waals surface area contributed by atoms with Gasteiger partial charge in [-0.15, -0.1) is 0 Å². The summed E-state index contributed by atoms with van der Waals surface area (Å²) in [5, 5.41) is 13.0. The molecule has 1 aromatic rings. The minimum atomic E-state index is -0.614. The Morgan fingerprint density at radius 1 is 1.50 bits per heavy atom. The highest BCUT2D eigenvalue weighted by Crippen LogP contribution is 2.30. The highest BCUT2D eigenvalue weighted by molar-refractivity contribution is 5.45. The molecule has 0 aromatic carbocycles. The highest BCUT2D eigenvalue weighted by atomic mass is 16.5. The van der Waals surface area contributed by atoms with E-state index in [0.29, 0.717) is 38.5 Å². The van der Waals surface area contributed by atoms with E-state index in [1.165, 1.54) is 4.57 Å². The van der Waals surface area contributed by atoms with Gasteiger partial charge in [0.2, 0.25) is 0 Å². The standard InChI is InChI=1S/C14H20N6O4/c1-9-7-20(12-6-10(17-18-15)11(8-21)24-12)14(22)16-13(9)19-2-4-23-5-3-19/h7,10-12,21H,2-6,8H2,1H3/t10?,11-,12-/m0/s1. The Morgan fingerprint density at radius 3 is 2.92 bits per heavy atom. The van der Waals surface area contributed by atoms with Gasteiger partial charge in [-0.25, -0.2) is 4.79 Å². The Balaban J connectivity index is 1.86. The van der Waals surface area contributed by atoms with Crippen LogP contribution in [0.1, 0.15) is 18.2 Å². The van der Waals surface area contributed by atoms with Gasteiger partial charge in [-0.3, -0.25) is 4.57 Å². The van der Waals surface area contributed by atoms with Crippen LogP contribution in [-0.2, 0) is 9.47 Å². The van der Waals surface area contributed by atoms with Crippen LogP contribution in [0.15, 0.2) is 16.1 Å². The summed E-state index contributed by atoms with van der Waals surface area (Å²) >= 11 is 0. The predicted molar refractivity (Wildman–Crippen MR) is 84.8 cm³/mol. The van der Waals surface area contributed by atoms with Crippen LogP contribution in [0.3, 0.4) is 0 Å². The van der Waals surface area contributed by atoms with Gasteiger partial charge in [-0.1, -0.05) is 5.11 Å². The van der Waals surface area contributed by atoms with Crippen molar-refractivity contribution in [1.29, 1.82) is 0 Å². The molecule has 0 radical (unpaired) electrons. The maximum atomic E-state index is 12.4. The zero-order chi connectivity index (χ0) is 17.1. The first-order valence-electron chi connectivity index (χ1n) is 7.87. The molecule has 1 unspecified atom stereocenters. The van der Waals surface area contributed by atoms with E-state index < -0.39 is 24.1 Å². The number of ether oxygens (including phenoxy) is 2. The average Bonchev–Trinajstić information content (AvgIpc) is 3.00. The summed E-state index contributed by atoms with van der Waals surface area (Å²) in [7, 11) is 0. The molecule has 10 nitrogen and oxygen atoms in total. The van der Waals surface area contributed by atoms with E-state index >= 15 is 0 Å². The molecule has 3 atom stereocenters. The third kappa shape index (κ3) is 3.22. The quantitative estimate of drug-likeness (QED) is 0.480. The molecule has 0 saturated carbocycles. The summed E-state index contributed by atoms with van der Waals surface area (Å²) in [6, 6.07) is -0.504. The van der Waals surface area contributed by atoms with Crippen molar-refractivity contribution in [2.75, 3.05) is 37.8 Å². The van der Waals surface area contributed by atoms with Gasteiger partial charge in [0.15, 0.2) is 0 Å². The van der Waals surface area contributed by atoms with Crippen LogP contribution in [-0.4, -0.2) is 59.7 Å². The minimum Gasteiger partial charge on any atom is -0.394 e. The summed E-state index contributed by atoms with van der Waals surface area (Å²) in [4.78, 5) is 21.4. The first kappa shape index (κ1) is 16.7. The van der Waals surface area contributed by atoms with Gasteiger partial charge in [0, 0.05) is 36.2 Å². The first-order valence-corrected chi connectivity index (χ1v) is 7.87. The van der Waals surface area contributed by atoms with Crippen molar-refractivity contribution in [3.05, 3.63) is 32.7 Å². The Morgan fingerprint density at radius 2 is 2.25 bits per heavy atom. The van der Waals surface area contributed by atoms with E-state index in [9.17, 15) is 9.90 Å². The van der Waals surface area contributed by atoms with Crippen molar-refractivity contribution in [1.82, 2.24) is 9.55 Å². The molecule has 10 heteroatoms. The second-order valence-electron chi connectivity index (χ2n) is 5.86. The summed E-state index contributed by atoms with van der Waals surface area (Å²) in [6.07, 6.45) is 0.817. The Bertz CT molecular complexity index is 695. The van der Waals surface area contributed by atoms with Gasteiger partial charge in [-0.2, -0.15) is 4.98 Å². The van der Waals surface area contributed by atoms with Crippen molar-refractivity contribution >= 4 is 5.82 Å². The maximum absolute atomic E-state index is 12.4. The Kier molecular flexibility index (Phi) is 5.00. The van der Waals surface area contributed by atoms with Gasteiger partial charge in [0.1, 0.15) is 12.0 Å². The molecule has 2 saturated heterocycles. The second kappa shape index (κ2) is 7.18. The van der Waals surface area contributed by atoms with Crippen LogP contribution in [0, 0.1) is 6.92 Å². The van der Waals surface area contributed by atoms with Crippen molar-refractivity contribution in [2.24, 2.45) is 5.11 Å². The molecule has 1 N–H and O–H groups in total. The van der Waals surface area contributed by atoms with Gasteiger partial charge in [0.05, 0.1) is 32.0 Å². The van der Waals surface area contributed by atoms with Crippen LogP contribution < -0.4 is 10.6 Å². The number of aromatic nitrogens is 2. The van der Waals surface area contributed by atoms with Crippen LogP contribution >= 0.6 is 0 Å². The van der Waals surface area contributed by atoms with E-state index in [4.69, 9.17) is 15.0 Å². The number of aliphatic hydroxyl groups is 1. The lowest BCUT2D eigenvalue weighted by Crippen LogP contribution is -2.39. The molecule has 1 aromatic heterocycles. The van der Waals surface area contributed by atoms with E-state index in [-0.39, 0.29) is 6.61 Å². The van der Waals surface area contributed by atoms with Crippen molar-refractivity contribution in [3.8, 4) is 0 Å². The number of aryl methyl sites for hydroxylation is 1. The molecule has 0 bridgehead atoms. The molecule has 130 valence electrons. The second-order valence-corrected chi connectivity index (χ2v) is 5.86. The molecule has 3 rings (SSSR count). The normalized spacial score (nSPS) is 27.1. The molecule has 2 fully saturated rings. The van der Waals surface area contributed by atoms with Gasteiger partial charge in [-0.05, 0) is 12.5 Å². The molecule has 24 heavy (non-hydrogen) atoms. The largest absolute Gasteiger partial charge is 0.394 e. The van der Waals surface area contributed by atoms with Crippen molar-refractivity contribution < 1.29 is 14.6 Å². The Labute approximate surface area is 138 Å². The fourth-order valence-electron chi connectivity index (χ4n) is 3.10. The maximum Gasteiger partial charge on any atom is 0.351 e. The zero-order valence-electron chi connectivity index (χ0n) is 13.4.